The van der Waals surface area contributed by atoms with Gasteiger partial charge in [0.15, 0.2) is 0 Å². The number of phenolic OH excluding ortho intramolecular Hbond substituents is 1. The third-order valence-corrected chi connectivity index (χ3v) is 4.75. The fraction of sp³-hybridized carbons (Fsp3) is 0.0417. The van der Waals surface area contributed by atoms with E-state index < -0.39 is 0 Å². The van der Waals surface area contributed by atoms with Gasteiger partial charge in [0.05, 0.1) is 10.9 Å². The second-order valence-corrected chi connectivity index (χ2v) is 6.34. The smallest absolute Gasteiger partial charge is 0.200 e. The summed E-state index contributed by atoms with van der Waals surface area (Å²) < 4.78 is 5.89. The van der Waals surface area contributed by atoms with Crippen LogP contribution in [0.2, 0.25) is 0 Å². The van der Waals surface area contributed by atoms with Crippen LogP contribution >= 0.6 is 0 Å². The molecule has 1 heterocycles. The molecule has 0 fully saturated rings. The average molecular weight is 354 g/mol. The van der Waals surface area contributed by atoms with Crippen molar-refractivity contribution in [2.45, 2.75) is 5.92 Å². The molecule has 0 amide bonds. The summed E-state index contributed by atoms with van der Waals surface area (Å²) in [6, 6.07) is 22.3. The largest absolute Gasteiger partial charge is 0.507 e. The van der Waals surface area contributed by atoms with Crippen LogP contribution < -0.4 is 5.43 Å². The van der Waals surface area contributed by atoms with Crippen LogP contribution in [0.5, 0.6) is 5.75 Å². The number of allylic oxidation sites excluding steroid dienone is 1. The highest BCUT2D eigenvalue weighted by Gasteiger charge is 2.21. The first-order chi connectivity index (χ1) is 13.2. The lowest BCUT2D eigenvalue weighted by molar-refractivity contribution is 0.465. The average Bonchev–Trinajstić information content (AvgIpc) is 2.72. The first-order valence-corrected chi connectivity index (χ1v) is 8.71. The van der Waals surface area contributed by atoms with Crippen LogP contribution in [0.4, 0.5) is 0 Å². The van der Waals surface area contributed by atoms with Crippen LogP contribution in [0.1, 0.15) is 17.0 Å². The molecule has 0 saturated carbocycles. The molecule has 1 unspecified atom stereocenters. The third kappa shape index (κ3) is 2.93. The SMILES string of the molecule is C=CC(c1ccccc1)c1c(O)ccc2c(=O)c(-c3ccccc3)coc12. The zero-order chi connectivity index (χ0) is 18.8. The molecule has 4 aromatic rings. The normalized spacial score (nSPS) is 12.0. The van der Waals surface area contributed by atoms with Crippen LogP contribution in [0.25, 0.3) is 22.1 Å². The Morgan fingerprint density at radius 1 is 0.926 bits per heavy atom. The quantitative estimate of drug-likeness (QED) is 0.494. The number of hydrogen-bond donors (Lipinski definition) is 1. The maximum Gasteiger partial charge on any atom is 0.200 e. The molecule has 0 aliphatic rings. The monoisotopic (exact) mass is 354 g/mol. The van der Waals surface area contributed by atoms with Gasteiger partial charge in [-0.05, 0) is 23.3 Å². The second-order valence-electron chi connectivity index (χ2n) is 6.34. The third-order valence-electron chi connectivity index (χ3n) is 4.75. The van der Waals surface area contributed by atoms with Crippen LogP contribution in [-0.4, -0.2) is 5.11 Å². The van der Waals surface area contributed by atoms with Crippen molar-refractivity contribution in [2.75, 3.05) is 0 Å². The molecule has 27 heavy (non-hydrogen) atoms. The van der Waals surface area contributed by atoms with E-state index in [1.54, 1.807) is 18.2 Å². The highest BCUT2D eigenvalue weighted by atomic mass is 16.3. The zero-order valence-corrected chi connectivity index (χ0v) is 14.6. The van der Waals surface area contributed by atoms with E-state index in [-0.39, 0.29) is 17.1 Å². The topological polar surface area (TPSA) is 50.4 Å². The molecule has 3 nitrogen and oxygen atoms in total. The molecule has 1 aromatic heterocycles. The Bertz CT molecular complexity index is 1160. The van der Waals surface area contributed by atoms with Gasteiger partial charge in [-0.25, -0.2) is 0 Å². The molecule has 0 spiro atoms. The minimum atomic E-state index is -0.291. The van der Waals surface area contributed by atoms with Crippen LogP contribution in [0.3, 0.4) is 0 Å². The van der Waals surface area contributed by atoms with Gasteiger partial charge in [-0.2, -0.15) is 0 Å². The first-order valence-electron chi connectivity index (χ1n) is 8.71. The van der Waals surface area contributed by atoms with Crippen LogP contribution in [0, 0.1) is 0 Å². The summed E-state index contributed by atoms with van der Waals surface area (Å²) in [5.74, 6) is -0.215. The Morgan fingerprint density at radius 2 is 1.59 bits per heavy atom. The fourth-order valence-corrected chi connectivity index (χ4v) is 3.41. The number of fused-ring (bicyclic) bond motifs is 1. The van der Waals surface area contributed by atoms with Crippen molar-refractivity contribution >= 4 is 11.0 Å². The van der Waals surface area contributed by atoms with Gasteiger partial charge in [0.1, 0.15) is 17.6 Å². The van der Waals surface area contributed by atoms with Crippen molar-refractivity contribution in [1.82, 2.24) is 0 Å². The molecule has 1 N–H and O–H groups in total. The van der Waals surface area contributed by atoms with Crippen molar-refractivity contribution in [1.29, 1.82) is 0 Å². The molecule has 3 heteroatoms. The summed E-state index contributed by atoms with van der Waals surface area (Å²) in [6.07, 6.45) is 3.21. The fourth-order valence-electron chi connectivity index (χ4n) is 3.41. The maximum atomic E-state index is 13.1. The molecule has 0 bridgehead atoms. The van der Waals surface area contributed by atoms with Crippen molar-refractivity contribution in [3.05, 3.63) is 113 Å². The Balaban J connectivity index is 1.97. The van der Waals surface area contributed by atoms with Gasteiger partial charge in [0.25, 0.3) is 0 Å². The van der Waals surface area contributed by atoms with E-state index in [4.69, 9.17) is 4.42 Å². The number of aromatic hydroxyl groups is 1. The lowest BCUT2D eigenvalue weighted by Gasteiger charge is -2.17. The number of rotatable bonds is 4. The minimum absolute atomic E-state index is 0.0758. The molecule has 0 saturated heterocycles. The van der Waals surface area contributed by atoms with E-state index >= 15 is 0 Å². The molecule has 0 aliphatic carbocycles. The van der Waals surface area contributed by atoms with E-state index in [1.165, 1.54) is 6.26 Å². The molecule has 0 aliphatic heterocycles. The van der Waals surface area contributed by atoms with E-state index in [0.717, 1.165) is 11.1 Å². The lowest BCUT2D eigenvalue weighted by atomic mass is 9.89. The van der Waals surface area contributed by atoms with E-state index in [2.05, 4.69) is 6.58 Å². The summed E-state index contributed by atoms with van der Waals surface area (Å²) in [5, 5.41) is 11.0. The molecule has 1 atom stereocenters. The van der Waals surface area contributed by atoms with Gasteiger partial charge in [-0.3, -0.25) is 4.79 Å². The Labute approximate surface area is 156 Å². The van der Waals surface area contributed by atoms with Crippen molar-refractivity contribution < 1.29 is 9.52 Å². The summed E-state index contributed by atoms with van der Waals surface area (Å²) in [6.45, 7) is 3.92. The molecule has 132 valence electrons. The molecule has 3 aromatic carbocycles. The van der Waals surface area contributed by atoms with E-state index in [1.807, 2.05) is 60.7 Å². The second kappa shape index (κ2) is 6.96. The zero-order valence-electron chi connectivity index (χ0n) is 14.6. The first kappa shape index (κ1) is 16.9. The van der Waals surface area contributed by atoms with E-state index in [9.17, 15) is 9.90 Å². The van der Waals surface area contributed by atoms with Crippen molar-refractivity contribution in [2.24, 2.45) is 0 Å². The Morgan fingerprint density at radius 3 is 2.26 bits per heavy atom. The molecular weight excluding hydrogens is 336 g/mol. The van der Waals surface area contributed by atoms with Crippen LogP contribution in [-0.2, 0) is 0 Å². The minimum Gasteiger partial charge on any atom is -0.507 e. The van der Waals surface area contributed by atoms with Gasteiger partial charge in [-0.1, -0.05) is 66.7 Å². The number of phenols is 1. The Hall–Kier alpha value is -3.59. The van der Waals surface area contributed by atoms with E-state index in [0.29, 0.717) is 22.1 Å². The predicted octanol–water partition coefficient (Wildman–Crippen LogP) is 5.48. The molecular formula is C24H18O3. The van der Waals surface area contributed by atoms with Gasteiger partial charge in [0.2, 0.25) is 5.43 Å². The number of benzene rings is 3. The molecule has 0 radical (unpaired) electrons. The maximum absolute atomic E-state index is 13.1. The lowest BCUT2D eigenvalue weighted by Crippen LogP contribution is -2.07. The van der Waals surface area contributed by atoms with Gasteiger partial charge in [0, 0.05) is 11.5 Å². The number of hydrogen-bond acceptors (Lipinski definition) is 3. The van der Waals surface area contributed by atoms with Gasteiger partial charge >= 0.3 is 0 Å². The summed E-state index contributed by atoms with van der Waals surface area (Å²) in [7, 11) is 0. The van der Waals surface area contributed by atoms with Crippen molar-refractivity contribution in [3.63, 3.8) is 0 Å². The van der Waals surface area contributed by atoms with Crippen molar-refractivity contribution in [3.8, 4) is 16.9 Å². The Kier molecular flexibility index (Phi) is 4.35. The predicted molar refractivity (Wildman–Crippen MR) is 108 cm³/mol. The van der Waals surface area contributed by atoms with Crippen LogP contribution in [0.15, 0.2) is 101 Å². The highest BCUT2D eigenvalue weighted by Crippen LogP contribution is 2.37. The highest BCUT2D eigenvalue weighted by molar-refractivity contribution is 5.86. The van der Waals surface area contributed by atoms with Gasteiger partial charge < -0.3 is 9.52 Å². The summed E-state index contributed by atoms with van der Waals surface area (Å²) in [5.41, 5.74) is 3.06. The molecule has 4 rings (SSSR count). The standard InChI is InChI=1S/C24H18O3/c1-2-18(16-9-5-3-6-10-16)22-21(25)14-13-19-23(26)20(15-27-24(19)22)17-11-7-4-8-12-17/h2-15,18,25H,1H2. The summed E-state index contributed by atoms with van der Waals surface area (Å²) >= 11 is 0. The van der Waals surface area contributed by atoms with Gasteiger partial charge in [-0.15, -0.1) is 6.58 Å². The summed E-state index contributed by atoms with van der Waals surface area (Å²) in [4.78, 5) is 13.1.